The molecular formula is C20H20FN3O2. The zero-order valence-electron chi connectivity index (χ0n) is 14.9. The van der Waals surface area contributed by atoms with Crippen molar-refractivity contribution in [2.45, 2.75) is 27.3 Å². The molecule has 0 saturated carbocycles. The number of nitrogens with one attached hydrogen (secondary N) is 1. The number of halogens is 1. The van der Waals surface area contributed by atoms with Gasteiger partial charge in [-0.05, 0) is 44.5 Å². The Bertz CT molecular complexity index is 969. The van der Waals surface area contributed by atoms with Gasteiger partial charge < -0.3 is 9.84 Å². The summed E-state index contributed by atoms with van der Waals surface area (Å²) in [5.41, 5.74) is 3.30. The Labute approximate surface area is 151 Å². The van der Waals surface area contributed by atoms with Crippen molar-refractivity contribution in [2.75, 3.05) is 0 Å². The number of nitrogens with zero attached hydrogens (tertiary/aromatic N) is 2. The minimum absolute atomic E-state index is 0.146. The Kier molecular flexibility index (Phi) is 5.02. The Morgan fingerprint density at radius 2 is 2.04 bits per heavy atom. The van der Waals surface area contributed by atoms with Crippen LogP contribution < -0.4 is 5.32 Å². The van der Waals surface area contributed by atoms with E-state index in [4.69, 9.17) is 4.52 Å². The normalized spacial score (nSPS) is 11.2. The molecule has 3 aromatic rings. The average molecular weight is 353 g/mol. The van der Waals surface area contributed by atoms with Crippen molar-refractivity contribution in [1.82, 2.24) is 15.0 Å². The molecule has 3 rings (SSSR count). The fraction of sp³-hybridized carbons (Fsp3) is 0.200. The molecule has 0 atom stereocenters. The lowest BCUT2D eigenvalue weighted by Crippen LogP contribution is -2.20. The van der Waals surface area contributed by atoms with Crippen LogP contribution in [0.4, 0.5) is 4.39 Å². The van der Waals surface area contributed by atoms with Crippen molar-refractivity contribution >= 4 is 12.0 Å². The second kappa shape index (κ2) is 7.39. The van der Waals surface area contributed by atoms with Crippen LogP contribution in [-0.4, -0.2) is 15.6 Å². The molecule has 1 amide bonds. The van der Waals surface area contributed by atoms with E-state index in [-0.39, 0.29) is 18.3 Å². The molecule has 0 saturated heterocycles. The van der Waals surface area contributed by atoms with Gasteiger partial charge in [-0.1, -0.05) is 23.4 Å². The number of amides is 1. The molecule has 0 aliphatic heterocycles. The van der Waals surface area contributed by atoms with E-state index in [1.54, 1.807) is 24.3 Å². The van der Waals surface area contributed by atoms with Crippen molar-refractivity contribution < 1.29 is 13.7 Å². The van der Waals surface area contributed by atoms with E-state index in [0.717, 1.165) is 22.7 Å². The van der Waals surface area contributed by atoms with Crippen LogP contribution in [0.1, 0.15) is 28.3 Å². The first-order valence-electron chi connectivity index (χ1n) is 8.27. The standard InChI is InChI=1S/C20H20FN3O2/c1-13-10-16(15(3)24(13)19-11-14(2)26-23-19)8-9-20(25)22-12-17-6-4-5-7-18(17)21/h4-11H,12H2,1-3H3,(H,22,25)/b9-8+. The van der Waals surface area contributed by atoms with E-state index in [0.29, 0.717) is 11.4 Å². The number of carbonyl (C=O) groups is 1. The minimum Gasteiger partial charge on any atom is -0.360 e. The van der Waals surface area contributed by atoms with E-state index in [2.05, 4.69) is 10.5 Å². The molecule has 0 unspecified atom stereocenters. The third-order valence-electron chi connectivity index (χ3n) is 4.14. The molecule has 0 spiro atoms. The predicted molar refractivity (Wildman–Crippen MR) is 97.3 cm³/mol. The zero-order valence-corrected chi connectivity index (χ0v) is 14.9. The largest absolute Gasteiger partial charge is 0.360 e. The highest BCUT2D eigenvalue weighted by atomic mass is 19.1. The van der Waals surface area contributed by atoms with Gasteiger partial charge in [0.1, 0.15) is 11.6 Å². The van der Waals surface area contributed by atoms with Crippen LogP contribution in [0.3, 0.4) is 0 Å². The summed E-state index contributed by atoms with van der Waals surface area (Å²) in [5, 5.41) is 6.72. The molecule has 0 fully saturated rings. The summed E-state index contributed by atoms with van der Waals surface area (Å²) in [6.45, 7) is 5.90. The van der Waals surface area contributed by atoms with Crippen LogP contribution in [0.5, 0.6) is 0 Å². The number of hydrogen-bond donors (Lipinski definition) is 1. The van der Waals surface area contributed by atoms with E-state index in [1.807, 2.05) is 37.5 Å². The van der Waals surface area contributed by atoms with Crippen molar-refractivity contribution in [2.24, 2.45) is 0 Å². The summed E-state index contributed by atoms with van der Waals surface area (Å²) in [5.74, 6) is 0.830. The minimum atomic E-state index is -0.330. The molecule has 0 aliphatic carbocycles. The van der Waals surface area contributed by atoms with Gasteiger partial charge >= 0.3 is 0 Å². The van der Waals surface area contributed by atoms with Crippen LogP contribution in [0.15, 0.2) is 47.0 Å². The first-order chi connectivity index (χ1) is 12.5. The molecule has 0 radical (unpaired) electrons. The number of rotatable bonds is 5. The van der Waals surface area contributed by atoms with E-state index in [1.165, 1.54) is 12.1 Å². The Morgan fingerprint density at radius 1 is 1.27 bits per heavy atom. The number of carbonyl (C=O) groups excluding carboxylic acids is 1. The van der Waals surface area contributed by atoms with Gasteiger partial charge in [0.15, 0.2) is 5.82 Å². The van der Waals surface area contributed by atoms with Crippen molar-refractivity contribution in [3.8, 4) is 5.82 Å². The number of aryl methyl sites for hydroxylation is 2. The molecule has 0 bridgehead atoms. The number of benzene rings is 1. The Morgan fingerprint density at radius 3 is 2.73 bits per heavy atom. The van der Waals surface area contributed by atoms with E-state index in [9.17, 15) is 9.18 Å². The maximum absolute atomic E-state index is 13.6. The summed E-state index contributed by atoms with van der Waals surface area (Å²) in [6, 6.07) is 10.2. The Balaban J connectivity index is 1.70. The van der Waals surface area contributed by atoms with Gasteiger partial charge in [0.25, 0.3) is 0 Å². The highest BCUT2D eigenvalue weighted by Crippen LogP contribution is 2.21. The highest BCUT2D eigenvalue weighted by Gasteiger charge is 2.12. The molecule has 2 aromatic heterocycles. The van der Waals surface area contributed by atoms with Gasteiger partial charge in [0.05, 0.1) is 0 Å². The second-order valence-corrected chi connectivity index (χ2v) is 6.10. The van der Waals surface area contributed by atoms with E-state index < -0.39 is 0 Å². The lowest BCUT2D eigenvalue weighted by molar-refractivity contribution is -0.116. The molecule has 6 heteroatoms. The first kappa shape index (κ1) is 17.7. The monoisotopic (exact) mass is 353 g/mol. The molecule has 5 nitrogen and oxygen atoms in total. The molecule has 0 aliphatic rings. The lowest BCUT2D eigenvalue weighted by atomic mass is 10.2. The maximum Gasteiger partial charge on any atom is 0.244 e. The third-order valence-corrected chi connectivity index (χ3v) is 4.14. The van der Waals surface area contributed by atoms with Crippen LogP contribution >= 0.6 is 0 Å². The van der Waals surface area contributed by atoms with Gasteiger partial charge in [0, 0.05) is 35.6 Å². The lowest BCUT2D eigenvalue weighted by Gasteiger charge is -2.04. The predicted octanol–water partition coefficient (Wildman–Crippen LogP) is 3.86. The molecule has 1 aromatic carbocycles. The smallest absolute Gasteiger partial charge is 0.244 e. The van der Waals surface area contributed by atoms with Crippen LogP contribution in [0, 0.1) is 26.6 Å². The van der Waals surface area contributed by atoms with Gasteiger partial charge in [-0.25, -0.2) is 4.39 Å². The second-order valence-electron chi connectivity index (χ2n) is 6.10. The third kappa shape index (κ3) is 3.74. The van der Waals surface area contributed by atoms with Gasteiger partial charge in [-0.3, -0.25) is 9.36 Å². The zero-order chi connectivity index (χ0) is 18.7. The quantitative estimate of drug-likeness (QED) is 0.709. The van der Waals surface area contributed by atoms with Crippen LogP contribution in [0.2, 0.25) is 0 Å². The number of aromatic nitrogens is 2. The first-order valence-corrected chi connectivity index (χ1v) is 8.27. The Hall–Kier alpha value is -3.15. The van der Waals surface area contributed by atoms with Crippen LogP contribution in [0.25, 0.3) is 11.9 Å². The van der Waals surface area contributed by atoms with E-state index >= 15 is 0 Å². The number of hydrogen-bond acceptors (Lipinski definition) is 3. The maximum atomic E-state index is 13.6. The molecular weight excluding hydrogens is 333 g/mol. The average Bonchev–Trinajstić information content (AvgIpc) is 3.15. The van der Waals surface area contributed by atoms with Crippen molar-refractivity contribution in [3.63, 3.8) is 0 Å². The summed E-state index contributed by atoms with van der Waals surface area (Å²) in [6.07, 6.45) is 3.18. The fourth-order valence-corrected chi connectivity index (χ4v) is 2.82. The van der Waals surface area contributed by atoms with Gasteiger partial charge in [-0.15, -0.1) is 0 Å². The molecule has 134 valence electrons. The topological polar surface area (TPSA) is 60.1 Å². The summed E-state index contributed by atoms with van der Waals surface area (Å²) in [4.78, 5) is 12.0. The van der Waals surface area contributed by atoms with Gasteiger partial charge in [0.2, 0.25) is 5.91 Å². The molecule has 1 N–H and O–H groups in total. The molecule has 2 heterocycles. The summed E-state index contributed by atoms with van der Waals surface area (Å²) in [7, 11) is 0. The summed E-state index contributed by atoms with van der Waals surface area (Å²) < 4.78 is 20.7. The highest BCUT2D eigenvalue weighted by molar-refractivity contribution is 5.91. The van der Waals surface area contributed by atoms with Crippen molar-refractivity contribution in [3.05, 3.63) is 76.6 Å². The van der Waals surface area contributed by atoms with Crippen LogP contribution in [-0.2, 0) is 11.3 Å². The fourth-order valence-electron chi connectivity index (χ4n) is 2.82. The SMILES string of the molecule is Cc1cc(-n2c(C)cc(/C=C/C(=O)NCc3ccccc3F)c2C)no1. The summed E-state index contributed by atoms with van der Waals surface area (Å²) >= 11 is 0. The van der Waals surface area contributed by atoms with Gasteiger partial charge in [-0.2, -0.15) is 0 Å². The molecule has 26 heavy (non-hydrogen) atoms. The van der Waals surface area contributed by atoms with Crippen molar-refractivity contribution in [1.29, 1.82) is 0 Å².